The van der Waals surface area contributed by atoms with Gasteiger partial charge < -0.3 is 15.4 Å². The second kappa shape index (κ2) is 7.43. The van der Waals surface area contributed by atoms with Crippen LogP contribution in [0.5, 0.6) is 5.75 Å². The Kier molecular flexibility index (Phi) is 4.85. The highest BCUT2D eigenvalue weighted by Gasteiger charge is 2.20. The molecule has 1 aliphatic heterocycles. The van der Waals surface area contributed by atoms with Crippen molar-refractivity contribution < 1.29 is 4.74 Å². The number of rotatable bonds is 5. The van der Waals surface area contributed by atoms with Gasteiger partial charge in [0, 0.05) is 18.5 Å². The van der Waals surface area contributed by atoms with Crippen LogP contribution in [0.2, 0.25) is 0 Å². The van der Waals surface area contributed by atoms with Crippen LogP contribution in [-0.4, -0.2) is 51.3 Å². The fourth-order valence-corrected chi connectivity index (χ4v) is 3.67. The molecule has 0 spiro atoms. The highest BCUT2D eigenvalue weighted by molar-refractivity contribution is 7.13. The zero-order valence-corrected chi connectivity index (χ0v) is 15.5. The summed E-state index contributed by atoms with van der Waals surface area (Å²) in [7, 11) is 2.15. The fraction of sp³-hybridized carbons (Fsp3) is 0.389. The van der Waals surface area contributed by atoms with Gasteiger partial charge in [-0.1, -0.05) is 12.1 Å². The number of piperidine rings is 1. The zero-order valence-electron chi connectivity index (χ0n) is 14.7. The number of nitrogens with one attached hydrogen (secondary N) is 1. The molecule has 0 atom stereocenters. The van der Waals surface area contributed by atoms with E-state index < -0.39 is 0 Å². The number of nitrogens with two attached hydrogens (primary N) is 1. The van der Waals surface area contributed by atoms with Gasteiger partial charge >= 0.3 is 0 Å². The van der Waals surface area contributed by atoms with Crippen molar-refractivity contribution in [3.05, 3.63) is 41.2 Å². The molecule has 4 rings (SSSR count). The van der Waals surface area contributed by atoms with E-state index >= 15 is 0 Å². The number of H-pyrrole nitrogens is 1. The zero-order chi connectivity index (χ0) is 17.9. The lowest BCUT2D eigenvalue weighted by Gasteiger charge is -2.29. The SMILES string of the molecule is CN1CCC(Oc2ccccc2-c2n[nH]c(Cc3csc(N)n3)n2)CC1. The summed E-state index contributed by atoms with van der Waals surface area (Å²) in [6.45, 7) is 2.13. The summed E-state index contributed by atoms with van der Waals surface area (Å²) < 4.78 is 6.27. The minimum Gasteiger partial charge on any atom is -0.490 e. The number of hydrogen-bond acceptors (Lipinski definition) is 7. The van der Waals surface area contributed by atoms with Crippen molar-refractivity contribution >= 4 is 16.5 Å². The molecule has 3 aromatic rings. The summed E-state index contributed by atoms with van der Waals surface area (Å²) in [6, 6.07) is 7.95. The van der Waals surface area contributed by atoms with Gasteiger partial charge in [0.2, 0.25) is 0 Å². The highest BCUT2D eigenvalue weighted by Crippen LogP contribution is 2.29. The molecule has 1 aliphatic rings. The third-order valence-electron chi connectivity index (χ3n) is 4.54. The molecule has 2 aromatic heterocycles. The molecule has 0 bridgehead atoms. The predicted molar refractivity (Wildman–Crippen MR) is 102 cm³/mol. The maximum absolute atomic E-state index is 6.27. The number of nitrogens with zero attached hydrogens (tertiary/aromatic N) is 4. The molecule has 0 aliphatic carbocycles. The smallest absolute Gasteiger partial charge is 0.184 e. The molecule has 7 nitrogen and oxygen atoms in total. The van der Waals surface area contributed by atoms with Crippen molar-refractivity contribution in [3.63, 3.8) is 0 Å². The lowest BCUT2D eigenvalue weighted by Crippen LogP contribution is -2.35. The summed E-state index contributed by atoms with van der Waals surface area (Å²) in [6.07, 6.45) is 2.90. The number of aromatic amines is 1. The van der Waals surface area contributed by atoms with Gasteiger partial charge in [0.25, 0.3) is 0 Å². The van der Waals surface area contributed by atoms with Gasteiger partial charge in [-0.05, 0) is 32.0 Å². The van der Waals surface area contributed by atoms with Crippen molar-refractivity contribution in [3.8, 4) is 17.1 Å². The van der Waals surface area contributed by atoms with E-state index in [2.05, 4.69) is 32.1 Å². The second-order valence-electron chi connectivity index (χ2n) is 6.58. The summed E-state index contributed by atoms with van der Waals surface area (Å²) in [5, 5.41) is 9.88. The normalized spacial score (nSPS) is 16.0. The largest absolute Gasteiger partial charge is 0.490 e. The van der Waals surface area contributed by atoms with Gasteiger partial charge in [0.05, 0.1) is 17.7 Å². The maximum atomic E-state index is 6.27. The van der Waals surface area contributed by atoms with Crippen LogP contribution >= 0.6 is 11.3 Å². The van der Waals surface area contributed by atoms with Crippen LogP contribution in [-0.2, 0) is 6.42 Å². The molecule has 8 heteroatoms. The van der Waals surface area contributed by atoms with Gasteiger partial charge in [-0.25, -0.2) is 9.97 Å². The Morgan fingerprint density at radius 1 is 1.27 bits per heavy atom. The van der Waals surface area contributed by atoms with Crippen LogP contribution in [0.1, 0.15) is 24.4 Å². The minimum atomic E-state index is 0.240. The van der Waals surface area contributed by atoms with E-state index in [1.165, 1.54) is 11.3 Å². The van der Waals surface area contributed by atoms with Gasteiger partial charge in [-0.2, -0.15) is 5.10 Å². The molecule has 136 valence electrons. The third-order valence-corrected chi connectivity index (χ3v) is 5.26. The molecule has 0 unspecified atom stereocenters. The van der Waals surface area contributed by atoms with E-state index in [1.807, 2.05) is 29.6 Å². The summed E-state index contributed by atoms with van der Waals surface area (Å²) in [5.74, 6) is 2.25. The van der Waals surface area contributed by atoms with Crippen LogP contribution in [0.3, 0.4) is 0 Å². The number of nitrogen functional groups attached to an aromatic ring is 1. The van der Waals surface area contributed by atoms with Crippen LogP contribution in [0.15, 0.2) is 29.6 Å². The van der Waals surface area contributed by atoms with Gasteiger partial charge in [-0.15, -0.1) is 11.3 Å². The average molecular weight is 370 g/mol. The topological polar surface area (TPSA) is 93.0 Å². The number of ether oxygens (including phenoxy) is 1. The van der Waals surface area contributed by atoms with Crippen molar-refractivity contribution in [1.82, 2.24) is 25.1 Å². The van der Waals surface area contributed by atoms with E-state index in [0.29, 0.717) is 17.4 Å². The lowest BCUT2D eigenvalue weighted by molar-refractivity contribution is 0.115. The molecule has 0 saturated carbocycles. The third kappa shape index (κ3) is 3.86. The number of para-hydroxylation sites is 1. The van der Waals surface area contributed by atoms with Gasteiger partial charge in [0.15, 0.2) is 11.0 Å². The second-order valence-corrected chi connectivity index (χ2v) is 7.47. The Balaban J connectivity index is 1.51. The van der Waals surface area contributed by atoms with Crippen molar-refractivity contribution in [2.24, 2.45) is 0 Å². The predicted octanol–water partition coefficient (Wildman–Crippen LogP) is 2.57. The summed E-state index contributed by atoms with van der Waals surface area (Å²) >= 11 is 1.43. The molecule has 1 aromatic carbocycles. The summed E-state index contributed by atoms with van der Waals surface area (Å²) in [4.78, 5) is 11.2. The van der Waals surface area contributed by atoms with E-state index in [0.717, 1.165) is 48.8 Å². The quantitative estimate of drug-likeness (QED) is 0.717. The maximum Gasteiger partial charge on any atom is 0.184 e. The lowest BCUT2D eigenvalue weighted by atomic mass is 10.1. The van der Waals surface area contributed by atoms with Crippen molar-refractivity contribution in [1.29, 1.82) is 0 Å². The van der Waals surface area contributed by atoms with Crippen LogP contribution in [0.25, 0.3) is 11.4 Å². The Labute approximate surface area is 156 Å². The van der Waals surface area contributed by atoms with Crippen molar-refractivity contribution in [2.45, 2.75) is 25.4 Å². The monoisotopic (exact) mass is 370 g/mol. The first-order valence-electron chi connectivity index (χ1n) is 8.73. The number of anilines is 1. The van der Waals surface area contributed by atoms with E-state index in [4.69, 9.17) is 10.5 Å². The number of thiazole rings is 1. The van der Waals surface area contributed by atoms with Gasteiger partial charge in [0.1, 0.15) is 17.7 Å². The fourth-order valence-electron chi connectivity index (χ4n) is 3.11. The Morgan fingerprint density at radius 2 is 2.08 bits per heavy atom. The van der Waals surface area contributed by atoms with Crippen LogP contribution in [0, 0.1) is 0 Å². The van der Waals surface area contributed by atoms with Gasteiger partial charge in [-0.3, -0.25) is 5.10 Å². The number of likely N-dealkylation sites (tertiary alicyclic amines) is 1. The van der Waals surface area contributed by atoms with E-state index in [-0.39, 0.29) is 6.10 Å². The molecule has 1 saturated heterocycles. The van der Waals surface area contributed by atoms with E-state index in [9.17, 15) is 0 Å². The van der Waals surface area contributed by atoms with Crippen LogP contribution in [0.4, 0.5) is 5.13 Å². The Hall–Kier alpha value is -2.45. The first-order valence-corrected chi connectivity index (χ1v) is 9.61. The molecule has 3 heterocycles. The number of benzene rings is 1. The molecule has 26 heavy (non-hydrogen) atoms. The van der Waals surface area contributed by atoms with Crippen LogP contribution < -0.4 is 10.5 Å². The highest BCUT2D eigenvalue weighted by atomic mass is 32.1. The molecule has 0 amide bonds. The molecule has 0 radical (unpaired) electrons. The molecular formula is C18H22N6OS. The van der Waals surface area contributed by atoms with Crippen molar-refractivity contribution in [2.75, 3.05) is 25.9 Å². The molecular weight excluding hydrogens is 348 g/mol. The number of hydrogen-bond donors (Lipinski definition) is 2. The minimum absolute atomic E-state index is 0.240. The molecule has 3 N–H and O–H groups in total. The first-order chi connectivity index (χ1) is 12.7. The first kappa shape index (κ1) is 17.0. The number of aromatic nitrogens is 4. The Morgan fingerprint density at radius 3 is 2.85 bits per heavy atom. The van der Waals surface area contributed by atoms with E-state index in [1.54, 1.807) is 0 Å². The standard InChI is InChI=1S/C18H22N6OS/c1-24-8-6-13(7-9-24)25-15-5-3-2-4-14(15)17-21-16(22-23-17)10-12-11-26-18(19)20-12/h2-5,11,13H,6-10H2,1H3,(H2,19,20)(H,21,22,23). The average Bonchev–Trinajstić information content (AvgIpc) is 3.27. The molecule has 1 fully saturated rings. The summed E-state index contributed by atoms with van der Waals surface area (Å²) in [5.41, 5.74) is 7.49. The Bertz CT molecular complexity index is 868.